The van der Waals surface area contributed by atoms with Gasteiger partial charge >= 0.3 is 6.18 Å². The van der Waals surface area contributed by atoms with Crippen molar-refractivity contribution in [1.82, 2.24) is 10.2 Å². The van der Waals surface area contributed by atoms with Crippen molar-refractivity contribution in [2.24, 2.45) is 0 Å². The number of carbonyl (C=O) groups excluding carboxylic acids is 1. The first-order valence-corrected chi connectivity index (χ1v) is 14.5. The number of hydrogen-bond donors (Lipinski definition) is 1. The second-order valence-corrected chi connectivity index (χ2v) is 12.3. The third-order valence-corrected chi connectivity index (χ3v) is 7.54. The van der Waals surface area contributed by atoms with E-state index in [1.54, 1.807) is 0 Å². The van der Waals surface area contributed by atoms with Crippen LogP contribution in [-0.4, -0.2) is 52.6 Å². The fraction of sp³-hybridized carbons (Fsp3) is 0.261. The zero-order valence-corrected chi connectivity index (χ0v) is 22.6. The molecule has 0 fully saturated rings. The highest BCUT2D eigenvalue weighted by molar-refractivity contribution is 7.91. The Morgan fingerprint density at radius 1 is 0.974 bits per heavy atom. The van der Waals surface area contributed by atoms with Crippen molar-refractivity contribution in [2.45, 2.75) is 29.8 Å². The van der Waals surface area contributed by atoms with Crippen molar-refractivity contribution >= 4 is 31.3 Å². The van der Waals surface area contributed by atoms with E-state index in [1.807, 2.05) is 0 Å². The van der Waals surface area contributed by atoms with Crippen LogP contribution in [0.2, 0.25) is 0 Å². The molecule has 10 nitrogen and oxygen atoms in total. The molecule has 0 saturated carbocycles. The van der Waals surface area contributed by atoms with Gasteiger partial charge in [-0.25, -0.2) is 21.2 Å². The number of halogens is 4. The third-order valence-electron chi connectivity index (χ3n) is 5.33. The minimum atomic E-state index is -5.02. The highest BCUT2D eigenvalue weighted by atomic mass is 32.2. The van der Waals surface area contributed by atoms with Gasteiger partial charge in [-0.1, -0.05) is 6.07 Å². The number of anilines is 1. The number of nitrogens with one attached hydrogen (secondary N) is 1. The smallest absolute Gasteiger partial charge is 0.435 e. The van der Waals surface area contributed by atoms with E-state index in [0.717, 1.165) is 38.7 Å². The first kappa shape index (κ1) is 29.8. The molecule has 2 aromatic carbocycles. The molecule has 0 spiro atoms. The van der Waals surface area contributed by atoms with Crippen LogP contribution in [0.4, 0.5) is 23.2 Å². The molecule has 1 heterocycles. The molecule has 16 heteroatoms. The lowest BCUT2D eigenvalue weighted by Gasteiger charge is -2.19. The van der Waals surface area contributed by atoms with Gasteiger partial charge in [0.1, 0.15) is 10.5 Å². The predicted octanol–water partition coefficient (Wildman–Crippen LogP) is 4.11. The summed E-state index contributed by atoms with van der Waals surface area (Å²) >= 11 is 0. The number of sulfone groups is 2. The summed E-state index contributed by atoms with van der Waals surface area (Å²) in [7, 11) is -6.72. The van der Waals surface area contributed by atoms with Gasteiger partial charge in [0, 0.05) is 18.2 Å². The van der Waals surface area contributed by atoms with Gasteiger partial charge in [-0.2, -0.15) is 13.2 Å². The molecule has 0 aliphatic carbocycles. The number of alkyl halides is 3. The maximum atomic E-state index is 15.0. The molecule has 0 aliphatic rings. The Morgan fingerprint density at radius 3 is 2.15 bits per heavy atom. The molecule has 0 unspecified atom stereocenters. The number of methoxy groups -OCH3 is 1. The van der Waals surface area contributed by atoms with E-state index in [4.69, 9.17) is 9.47 Å². The van der Waals surface area contributed by atoms with Crippen molar-refractivity contribution in [3.8, 4) is 17.4 Å². The molecule has 0 saturated heterocycles. The quantitative estimate of drug-likeness (QED) is 0.402. The van der Waals surface area contributed by atoms with Crippen LogP contribution in [0.5, 0.6) is 17.4 Å². The van der Waals surface area contributed by atoms with Crippen LogP contribution in [0.25, 0.3) is 0 Å². The molecule has 0 radical (unpaired) electrons. The Kier molecular flexibility index (Phi) is 7.94. The highest BCUT2D eigenvalue weighted by Crippen LogP contribution is 2.42. The fourth-order valence-electron chi connectivity index (χ4n) is 3.50. The lowest BCUT2D eigenvalue weighted by atomic mass is 10.1. The highest BCUT2D eigenvalue weighted by Gasteiger charge is 2.38. The standard InChI is InChI=1S/C23H21F4N3O7S2/c1-11-9-15(39(5,34)35)17(24)19(36-3)18(11)37-22-16(12(2)20(29-30-22)23(25,26)27)21(31)28-13-7-6-8-14(10-13)38(4,32)33/h6-10H,1-5H3,(H,28,31). The summed E-state index contributed by atoms with van der Waals surface area (Å²) in [6, 6.07) is 5.87. The topological polar surface area (TPSA) is 142 Å². The van der Waals surface area contributed by atoms with E-state index in [2.05, 4.69) is 15.5 Å². The summed E-state index contributed by atoms with van der Waals surface area (Å²) in [5.41, 5.74) is -3.05. The molecule has 39 heavy (non-hydrogen) atoms. The third kappa shape index (κ3) is 6.27. The van der Waals surface area contributed by atoms with Crippen molar-refractivity contribution < 1.29 is 48.7 Å². The van der Waals surface area contributed by atoms with Gasteiger partial charge in [0.2, 0.25) is 0 Å². The summed E-state index contributed by atoms with van der Waals surface area (Å²) in [5.74, 6) is -4.48. The molecule has 0 aliphatic heterocycles. The number of aromatic nitrogens is 2. The molecular formula is C23H21F4N3O7S2. The number of aryl methyl sites for hydroxylation is 1. The first-order chi connectivity index (χ1) is 17.9. The van der Waals surface area contributed by atoms with Crippen LogP contribution in [0.15, 0.2) is 40.1 Å². The van der Waals surface area contributed by atoms with E-state index in [-0.39, 0.29) is 16.1 Å². The number of ether oxygens (including phenoxy) is 2. The van der Waals surface area contributed by atoms with Crippen LogP contribution < -0.4 is 14.8 Å². The molecule has 1 amide bonds. The lowest BCUT2D eigenvalue weighted by Crippen LogP contribution is -2.21. The van der Waals surface area contributed by atoms with Crippen molar-refractivity contribution in [2.75, 3.05) is 24.9 Å². The Hall–Kier alpha value is -3.79. The minimum absolute atomic E-state index is 0.0137. The second-order valence-electron chi connectivity index (χ2n) is 8.35. The first-order valence-electron chi connectivity index (χ1n) is 10.7. The zero-order chi connectivity index (χ0) is 29.5. The maximum Gasteiger partial charge on any atom is 0.435 e. The van der Waals surface area contributed by atoms with Crippen LogP contribution in [0.3, 0.4) is 0 Å². The number of amides is 1. The van der Waals surface area contributed by atoms with E-state index < -0.39 is 76.7 Å². The lowest BCUT2D eigenvalue weighted by molar-refractivity contribution is -0.142. The van der Waals surface area contributed by atoms with Gasteiger partial charge in [0.05, 0.1) is 12.0 Å². The largest absolute Gasteiger partial charge is 0.490 e. The summed E-state index contributed by atoms with van der Waals surface area (Å²) < 4.78 is 114. The monoisotopic (exact) mass is 591 g/mol. The average molecular weight is 592 g/mol. The van der Waals surface area contributed by atoms with Crippen molar-refractivity contribution in [3.63, 3.8) is 0 Å². The number of hydrogen-bond acceptors (Lipinski definition) is 9. The summed E-state index contributed by atoms with van der Waals surface area (Å²) in [6.45, 7) is 2.25. The fourth-order valence-corrected chi connectivity index (χ4v) is 4.97. The summed E-state index contributed by atoms with van der Waals surface area (Å²) in [5, 5.41) is 8.81. The molecule has 1 N–H and O–H groups in total. The van der Waals surface area contributed by atoms with Gasteiger partial charge in [0.25, 0.3) is 11.8 Å². The Bertz CT molecular complexity index is 1690. The Balaban J connectivity index is 2.20. The molecule has 210 valence electrons. The van der Waals surface area contributed by atoms with Crippen LogP contribution >= 0.6 is 0 Å². The van der Waals surface area contributed by atoms with Gasteiger partial charge in [-0.15, -0.1) is 10.2 Å². The number of rotatable bonds is 7. The zero-order valence-electron chi connectivity index (χ0n) is 21.0. The molecule has 3 aromatic rings. The average Bonchev–Trinajstić information content (AvgIpc) is 2.79. The predicted molar refractivity (Wildman–Crippen MR) is 130 cm³/mol. The van der Waals surface area contributed by atoms with Gasteiger partial charge in [-0.05, 0) is 49.2 Å². The van der Waals surface area contributed by atoms with E-state index in [1.165, 1.54) is 25.1 Å². The normalized spacial score (nSPS) is 12.2. The van der Waals surface area contributed by atoms with Crippen molar-refractivity contribution in [3.05, 3.63) is 58.5 Å². The molecule has 1 aromatic heterocycles. The van der Waals surface area contributed by atoms with Crippen LogP contribution in [-0.2, 0) is 25.9 Å². The number of carbonyl (C=O) groups is 1. The second kappa shape index (κ2) is 10.4. The number of nitrogens with zero attached hydrogens (tertiary/aromatic N) is 2. The molecule has 0 bridgehead atoms. The Morgan fingerprint density at radius 2 is 1.62 bits per heavy atom. The summed E-state index contributed by atoms with van der Waals surface area (Å²) in [4.78, 5) is 12.3. The van der Waals surface area contributed by atoms with Crippen LogP contribution in [0.1, 0.15) is 27.2 Å². The minimum Gasteiger partial charge on any atom is -0.490 e. The van der Waals surface area contributed by atoms with E-state index >= 15 is 0 Å². The van der Waals surface area contributed by atoms with Gasteiger partial charge in [0.15, 0.2) is 42.7 Å². The van der Waals surface area contributed by atoms with E-state index in [0.29, 0.717) is 0 Å². The van der Waals surface area contributed by atoms with Gasteiger partial charge < -0.3 is 14.8 Å². The van der Waals surface area contributed by atoms with E-state index in [9.17, 15) is 39.2 Å². The SMILES string of the molecule is COc1c(F)c(S(C)(=O)=O)cc(C)c1Oc1nnc(C(F)(F)F)c(C)c1C(=O)Nc1cccc(S(C)(=O)=O)c1. The van der Waals surface area contributed by atoms with Gasteiger partial charge in [-0.3, -0.25) is 4.79 Å². The van der Waals surface area contributed by atoms with Crippen molar-refractivity contribution in [1.29, 1.82) is 0 Å². The maximum absolute atomic E-state index is 15.0. The van der Waals surface area contributed by atoms with Crippen LogP contribution in [0, 0.1) is 19.7 Å². The molecular weight excluding hydrogens is 570 g/mol. The molecule has 0 atom stereocenters. The molecule has 3 rings (SSSR count). The summed E-state index contributed by atoms with van der Waals surface area (Å²) in [6.07, 6.45) is -3.33. The number of benzene rings is 2. The Labute approximate surface area is 220 Å².